The quantitative estimate of drug-likeness (QED) is 0.609. The van der Waals surface area contributed by atoms with Gasteiger partial charge in [0, 0.05) is 49.7 Å². The molecule has 0 atom stereocenters. The highest BCUT2D eigenvalue weighted by atomic mass is 16.6. The fourth-order valence-electron chi connectivity index (χ4n) is 3.15. The van der Waals surface area contributed by atoms with Gasteiger partial charge in [-0.3, -0.25) is 14.9 Å². The van der Waals surface area contributed by atoms with E-state index in [4.69, 9.17) is 4.74 Å². The lowest BCUT2D eigenvalue weighted by Crippen LogP contribution is -2.44. The minimum atomic E-state index is -0.482. The van der Waals surface area contributed by atoms with Gasteiger partial charge in [0.15, 0.2) is 6.61 Å². The molecule has 0 unspecified atom stereocenters. The van der Waals surface area contributed by atoms with Gasteiger partial charge in [-0.2, -0.15) is 0 Å². The molecule has 3 rings (SSSR count). The van der Waals surface area contributed by atoms with Gasteiger partial charge in [-0.05, 0) is 49.9 Å². The standard InChI is InChI=1S/C20H24N4O4/c1-15-13-16(3-8-19(15)23-11-9-22(2)10-12-23)21-20(25)14-28-18-6-4-17(5-7-18)24(26)27/h3-8,13H,9-12,14H2,1-2H3,(H,21,25). The maximum absolute atomic E-state index is 12.1. The Labute approximate surface area is 163 Å². The lowest BCUT2D eigenvalue weighted by molar-refractivity contribution is -0.384. The van der Waals surface area contributed by atoms with E-state index in [0.29, 0.717) is 11.4 Å². The zero-order valence-electron chi connectivity index (χ0n) is 16.1. The van der Waals surface area contributed by atoms with E-state index in [2.05, 4.69) is 22.2 Å². The third-order valence-electron chi connectivity index (χ3n) is 4.74. The number of rotatable bonds is 6. The maximum atomic E-state index is 12.1. The molecule has 1 fully saturated rings. The number of non-ortho nitro benzene ring substituents is 1. The van der Waals surface area contributed by atoms with Gasteiger partial charge >= 0.3 is 0 Å². The molecule has 0 saturated carbocycles. The summed E-state index contributed by atoms with van der Waals surface area (Å²) in [5.74, 6) is 0.118. The van der Waals surface area contributed by atoms with Crippen LogP contribution in [0.3, 0.4) is 0 Å². The summed E-state index contributed by atoms with van der Waals surface area (Å²) in [5.41, 5.74) is 2.99. The Morgan fingerprint density at radius 2 is 1.82 bits per heavy atom. The summed E-state index contributed by atoms with van der Waals surface area (Å²) < 4.78 is 5.39. The summed E-state index contributed by atoms with van der Waals surface area (Å²) in [6, 6.07) is 11.5. The number of aryl methyl sites for hydroxylation is 1. The molecule has 1 saturated heterocycles. The molecule has 0 radical (unpaired) electrons. The molecule has 1 heterocycles. The lowest BCUT2D eigenvalue weighted by Gasteiger charge is -2.35. The van der Waals surface area contributed by atoms with E-state index >= 15 is 0 Å². The fraction of sp³-hybridized carbons (Fsp3) is 0.350. The molecule has 8 heteroatoms. The number of nitro benzene ring substituents is 1. The van der Waals surface area contributed by atoms with Crippen LogP contribution in [0.4, 0.5) is 17.1 Å². The van der Waals surface area contributed by atoms with Gasteiger partial charge in [-0.15, -0.1) is 0 Å². The van der Waals surface area contributed by atoms with Gasteiger partial charge in [-0.25, -0.2) is 0 Å². The highest BCUT2D eigenvalue weighted by molar-refractivity contribution is 5.92. The molecule has 1 aliphatic rings. The van der Waals surface area contributed by atoms with Gasteiger partial charge in [0.25, 0.3) is 11.6 Å². The summed E-state index contributed by atoms with van der Waals surface area (Å²) >= 11 is 0. The van der Waals surface area contributed by atoms with Crippen molar-refractivity contribution in [3.8, 4) is 5.75 Å². The third-order valence-corrected chi connectivity index (χ3v) is 4.74. The fourth-order valence-corrected chi connectivity index (χ4v) is 3.15. The SMILES string of the molecule is Cc1cc(NC(=O)COc2ccc([N+](=O)[O-])cc2)ccc1N1CCN(C)CC1. The van der Waals surface area contributed by atoms with Gasteiger partial charge in [0.1, 0.15) is 5.75 Å². The van der Waals surface area contributed by atoms with Crippen LogP contribution in [0.1, 0.15) is 5.56 Å². The van der Waals surface area contributed by atoms with Crippen LogP contribution in [0.5, 0.6) is 5.75 Å². The number of amides is 1. The Hall–Kier alpha value is -3.13. The molecule has 8 nitrogen and oxygen atoms in total. The molecule has 2 aromatic carbocycles. The zero-order valence-corrected chi connectivity index (χ0v) is 16.1. The summed E-state index contributed by atoms with van der Waals surface area (Å²) in [6.07, 6.45) is 0. The highest BCUT2D eigenvalue weighted by Crippen LogP contribution is 2.24. The van der Waals surface area contributed by atoms with Crippen LogP contribution in [0.25, 0.3) is 0 Å². The monoisotopic (exact) mass is 384 g/mol. The number of carbonyl (C=O) groups excluding carboxylic acids is 1. The number of piperazine rings is 1. The molecule has 148 valence electrons. The minimum absolute atomic E-state index is 0.0206. The number of nitrogens with one attached hydrogen (secondary N) is 1. The summed E-state index contributed by atoms with van der Waals surface area (Å²) in [5, 5.41) is 13.5. The predicted molar refractivity (Wildman–Crippen MR) is 108 cm³/mol. The Kier molecular flexibility index (Phi) is 6.10. The van der Waals surface area contributed by atoms with Gasteiger partial charge in [0.2, 0.25) is 0 Å². The van der Waals surface area contributed by atoms with Crippen LogP contribution < -0.4 is 15.0 Å². The van der Waals surface area contributed by atoms with Gasteiger partial charge < -0.3 is 19.9 Å². The van der Waals surface area contributed by atoms with Crippen LogP contribution in [0.2, 0.25) is 0 Å². The Morgan fingerprint density at radius 1 is 1.14 bits per heavy atom. The van der Waals surface area contributed by atoms with Crippen LogP contribution >= 0.6 is 0 Å². The Balaban J connectivity index is 1.53. The minimum Gasteiger partial charge on any atom is -0.484 e. The molecule has 0 bridgehead atoms. The number of carbonyl (C=O) groups is 1. The van der Waals surface area contributed by atoms with Crippen molar-refractivity contribution >= 4 is 23.0 Å². The molecular formula is C20H24N4O4. The number of likely N-dealkylation sites (N-methyl/N-ethyl adjacent to an activating group) is 1. The molecule has 0 aromatic heterocycles. The third kappa shape index (κ3) is 4.98. The molecule has 0 spiro atoms. The van der Waals surface area contributed by atoms with Crippen molar-refractivity contribution in [3.05, 3.63) is 58.1 Å². The van der Waals surface area contributed by atoms with Crippen molar-refractivity contribution in [2.45, 2.75) is 6.92 Å². The first-order valence-corrected chi connectivity index (χ1v) is 9.13. The molecular weight excluding hydrogens is 360 g/mol. The average molecular weight is 384 g/mol. The van der Waals surface area contributed by atoms with E-state index in [0.717, 1.165) is 31.7 Å². The number of anilines is 2. The zero-order chi connectivity index (χ0) is 20.1. The summed E-state index contributed by atoms with van der Waals surface area (Å²) in [7, 11) is 2.13. The van der Waals surface area contributed by atoms with E-state index in [-0.39, 0.29) is 18.2 Å². The van der Waals surface area contributed by atoms with E-state index in [1.807, 2.05) is 25.1 Å². The van der Waals surface area contributed by atoms with Crippen molar-refractivity contribution < 1.29 is 14.5 Å². The Morgan fingerprint density at radius 3 is 2.43 bits per heavy atom. The first kappa shape index (κ1) is 19.6. The number of nitrogens with zero attached hydrogens (tertiary/aromatic N) is 3. The van der Waals surface area contributed by atoms with E-state index in [1.54, 1.807) is 0 Å². The van der Waals surface area contributed by atoms with Crippen molar-refractivity contribution in [2.24, 2.45) is 0 Å². The van der Waals surface area contributed by atoms with Gasteiger partial charge in [0.05, 0.1) is 4.92 Å². The number of ether oxygens (including phenoxy) is 1. The van der Waals surface area contributed by atoms with Crippen LogP contribution in [-0.2, 0) is 4.79 Å². The van der Waals surface area contributed by atoms with Crippen molar-refractivity contribution in [1.82, 2.24) is 4.90 Å². The summed E-state index contributed by atoms with van der Waals surface area (Å²) in [6.45, 7) is 5.93. The van der Waals surface area contributed by atoms with Gasteiger partial charge in [-0.1, -0.05) is 0 Å². The first-order valence-electron chi connectivity index (χ1n) is 9.13. The second-order valence-corrected chi connectivity index (χ2v) is 6.88. The predicted octanol–water partition coefficient (Wildman–Crippen LogP) is 2.67. The van der Waals surface area contributed by atoms with E-state index < -0.39 is 4.92 Å². The number of nitro groups is 1. The normalized spacial score (nSPS) is 14.6. The van der Waals surface area contributed by atoms with Crippen molar-refractivity contribution in [1.29, 1.82) is 0 Å². The van der Waals surface area contributed by atoms with Crippen LogP contribution in [0.15, 0.2) is 42.5 Å². The van der Waals surface area contributed by atoms with Crippen LogP contribution in [-0.4, -0.2) is 55.6 Å². The second kappa shape index (κ2) is 8.71. The first-order chi connectivity index (χ1) is 13.4. The lowest BCUT2D eigenvalue weighted by atomic mass is 10.1. The van der Waals surface area contributed by atoms with E-state index in [9.17, 15) is 14.9 Å². The summed E-state index contributed by atoms with van der Waals surface area (Å²) in [4.78, 5) is 27.0. The maximum Gasteiger partial charge on any atom is 0.269 e. The number of benzene rings is 2. The van der Waals surface area contributed by atoms with Crippen LogP contribution in [0, 0.1) is 17.0 Å². The molecule has 1 N–H and O–H groups in total. The highest BCUT2D eigenvalue weighted by Gasteiger charge is 2.16. The topological polar surface area (TPSA) is 87.9 Å². The molecule has 2 aromatic rings. The molecule has 1 aliphatic heterocycles. The number of hydrogen-bond acceptors (Lipinski definition) is 6. The van der Waals surface area contributed by atoms with Crippen molar-refractivity contribution in [2.75, 3.05) is 50.1 Å². The largest absolute Gasteiger partial charge is 0.484 e. The molecule has 28 heavy (non-hydrogen) atoms. The average Bonchev–Trinajstić information content (AvgIpc) is 2.68. The number of hydrogen-bond donors (Lipinski definition) is 1. The Bertz CT molecular complexity index is 846. The smallest absolute Gasteiger partial charge is 0.269 e. The van der Waals surface area contributed by atoms with Crippen molar-refractivity contribution in [3.63, 3.8) is 0 Å². The van der Waals surface area contributed by atoms with E-state index in [1.165, 1.54) is 30.0 Å². The molecule has 1 amide bonds. The molecule has 0 aliphatic carbocycles. The second-order valence-electron chi connectivity index (χ2n) is 6.88.